The normalized spacial score (nSPS) is 10.8. The molecular formula is C15H16N4O. The van der Waals surface area contributed by atoms with Gasteiger partial charge in [-0.15, -0.1) is 0 Å². The quantitative estimate of drug-likeness (QED) is 0.772. The van der Waals surface area contributed by atoms with Gasteiger partial charge >= 0.3 is 0 Å². The molecular weight excluding hydrogens is 252 g/mol. The van der Waals surface area contributed by atoms with Gasteiger partial charge in [0.05, 0.1) is 17.6 Å². The summed E-state index contributed by atoms with van der Waals surface area (Å²) in [5.41, 5.74) is 3.11. The molecule has 1 N–H and O–H groups in total. The monoisotopic (exact) mass is 268 g/mol. The topological polar surface area (TPSA) is 55.9 Å². The molecule has 1 aromatic carbocycles. The van der Waals surface area contributed by atoms with Crippen LogP contribution in [-0.4, -0.2) is 14.9 Å². The summed E-state index contributed by atoms with van der Waals surface area (Å²) >= 11 is 0. The third kappa shape index (κ3) is 2.95. The molecule has 0 saturated carbocycles. The van der Waals surface area contributed by atoms with E-state index in [4.69, 9.17) is 4.52 Å². The zero-order chi connectivity index (χ0) is 13.8. The molecule has 2 heterocycles. The van der Waals surface area contributed by atoms with Gasteiger partial charge in [0.15, 0.2) is 0 Å². The summed E-state index contributed by atoms with van der Waals surface area (Å²) < 4.78 is 6.90. The van der Waals surface area contributed by atoms with E-state index in [2.05, 4.69) is 15.6 Å². The van der Waals surface area contributed by atoms with Gasteiger partial charge in [-0.3, -0.25) is 0 Å². The van der Waals surface area contributed by atoms with Gasteiger partial charge in [0.1, 0.15) is 5.76 Å². The molecule has 0 aliphatic carbocycles. The zero-order valence-electron chi connectivity index (χ0n) is 11.3. The Hall–Kier alpha value is -2.40. The highest BCUT2D eigenvalue weighted by atomic mass is 16.5. The third-order valence-electron chi connectivity index (χ3n) is 2.97. The molecule has 102 valence electrons. The highest BCUT2D eigenvalue weighted by Gasteiger charge is 2.02. The minimum atomic E-state index is 0.688. The van der Waals surface area contributed by atoms with Crippen LogP contribution in [0.1, 0.15) is 17.0 Å². The molecule has 0 spiro atoms. The Balaban J connectivity index is 1.58. The zero-order valence-corrected chi connectivity index (χ0v) is 11.3. The van der Waals surface area contributed by atoms with Gasteiger partial charge in [0, 0.05) is 30.9 Å². The maximum Gasteiger partial charge on any atom is 0.133 e. The average Bonchev–Trinajstić information content (AvgIpc) is 3.09. The number of nitrogens with zero attached hydrogens (tertiary/aromatic N) is 3. The first-order valence-corrected chi connectivity index (χ1v) is 6.53. The molecule has 3 aromatic rings. The number of nitrogens with one attached hydrogen (secondary N) is 1. The third-order valence-corrected chi connectivity index (χ3v) is 2.97. The van der Waals surface area contributed by atoms with Crippen LogP contribution in [0, 0.1) is 6.92 Å². The highest BCUT2D eigenvalue weighted by Crippen LogP contribution is 2.08. The summed E-state index contributed by atoms with van der Waals surface area (Å²) in [5, 5.41) is 11.6. The largest absolute Gasteiger partial charge is 0.361 e. The van der Waals surface area contributed by atoms with Gasteiger partial charge in [-0.05, 0) is 19.1 Å². The van der Waals surface area contributed by atoms with E-state index in [1.807, 2.05) is 60.4 Å². The average molecular weight is 268 g/mol. The Morgan fingerprint density at radius 2 is 2.05 bits per heavy atom. The van der Waals surface area contributed by atoms with Gasteiger partial charge in [-0.25, -0.2) is 4.68 Å². The number of hydrogen-bond donors (Lipinski definition) is 1. The van der Waals surface area contributed by atoms with E-state index < -0.39 is 0 Å². The summed E-state index contributed by atoms with van der Waals surface area (Å²) in [6, 6.07) is 12.0. The molecule has 0 aliphatic heterocycles. The SMILES string of the molecule is Cc1cc(CNCc2cnn(-c3ccccc3)c2)no1. The molecule has 5 nitrogen and oxygen atoms in total. The van der Waals surface area contributed by atoms with Crippen molar-refractivity contribution < 1.29 is 4.52 Å². The van der Waals surface area contributed by atoms with Gasteiger partial charge < -0.3 is 9.84 Å². The number of para-hydroxylation sites is 1. The van der Waals surface area contributed by atoms with Crippen LogP contribution in [0.5, 0.6) is 0 Å². The number of aryl methyl sites for hydroxylation is 1. The van der Waals surface area contributed by atoms with Crippen LogP contribution in [0.3, 0.4) is 0 Å². The Labute approximate surface area is 117 Å². The van der Waals surface area contributed by atoms with E-state index in [1.165, 1.54) is 0 Å². The predicted molar refractivity (Wildman–Crippen MR) is 75.3 cm³/mol. The van der Waals surface area contributed by atoms with Crippen molar-refractivity contribution >= 4 is 0 Å². The molecule has 5 heteroatoms. The lowest BCUT2D eigenvalue weighted by Crippen LogP contribution is -2.12. The lowest BCUT2D eigenvalue weighted by Gasteiger charge is -2.00. The molecule has 0 radical (unpaired) electrons. The van der Waals surface area contributed by atoms with Crippen molar-refractivity contribution in [2.75, 3.05) is 0 Å². The van der Waals surface area contributed by atoms with Crippen molar-refractivity contribution in [2.45, 2.75) is 20.0 Å². The fourth-order valence-electron chi connectivity index (χ4n) is 2.01. The fourth-order valence-corrected chi connectivity index (χ4v) is 2.01. The maximum atomic E-state index is 5.02. The fraction of sp³-hybridized carbons (Fsp3) is 0.200. The van der Waals surface area contributed by atoms with Crippen LogP contribution < -0.4 is 5.32 Å². The number of benzene rings is 1. The summed E-state index contributed by atoms with van der Waals surface area (Å²) in [4.78, 5) is 0. The Kier molecular flexibility index (Phi) is 3.60. The molecule has 3 rings (SSSR count). The van der Waals surface area contributed by atoms with Crippen LogP contribution in [0.2, 0.25) is 0 Å². The van der Waals surface area contributed by atoms with E-state index in [1.54, 1.807) is 0 Å². The van der Waals surface area contributed by atoms with Crippen molar-refractivity contribution in [1.82, 2.24) is 20.3 Å². The van der Waals surface area contributed by atoms with Gasteiger partial charge in [0.2, 0.25) is 0 Å². The summed E-state index contributed by atoms with van der Waals surface area (Å²) in [5.74, 6) is 0.832. The number of hydrogen-bond acceptors (Lipinski definition) is 4. The van der Waals surface area contributed by atoms with E-state index in [9.17, 15) is 0 Å². The first kappa shape index (κ1) is 12.6. The first-order chi connectivity index (χ1) is 9.81. The lowest BCUT2D eigenvalue weighted by atomic mass is 10.3. The van der Waals surface area contributed by atoms with Crippen LogP contribution in [0.25, 0.3) is 5.69 Å². The molecule has 0 saturated heterocycles. The summed E-state index contributed by atoms with van der Waals surface area (Å²) in [6.07, 6.45) is 3.89. The van der Waals surface area contributed by atoms with Crippen molar-refractivity contribution in [2.24, 2.45) is 0 Å². The first-order valence-electron chi connectivity index (χ1n) is 6.53. The van der Waals surface area contributed by atoms with Crippen LogP contribution in [0.15, 0.2) is 53.3 Å². The van der Waals surface area contributed by atoms with Gasteiger partial charge in [0.25, 0.3) is 0 Å². The van der Waals surface area contributed by atoms with E-state index in [0.717, 1.165) is 29.2 Å². The van der Waals surface area contributed by atoms with Crippen molar-refractivity contribution in [3.8, 4) is 5.69 Å². The predicted octanol–water partition coefficient (Wildman–Crippen LogP) is 2.46. The molecule has 0 aliphatic rings. The van der Waals surface area contributed by atoms with Crippen molar-refractivity contribution in [3.63, 3.8) is 0 Å². The highest BCUT2D eigenvalue weighted by molar-refractivity contribution is 5.30. The van der Waals surface area contributed by atoms with Crippen LogP contribution in [-0.2, 0) is 13.1 Å². The maximum absolute atomic E-state index is 5.02. The smallest absolute Gasteiger partial charge is 0.133 e. The van der Waals surface area contributed by atoms with Gasteiger partial charge in [-0.1, -0.05) is 23.4 Å². The molecule has 0 atom stereocenters. The molecule has 2 aromatic heterocycles. The molecule has 0 amide bonds. The molecule has 0 unspecified atom stereocenters. The lowest BCUT2D eigenvalue weighted by molar-refractivity contribution is 0.388. The molecule has 0 bridgehead atoms. The minimum absolute atomic E-state index is 0.688. The molecule has 0 fully saturated rings. The van der Waals surface area contributed by atoms with Crippen molar-refractivity contribution in [3.05, 3.63) is 65.8 Å². The second-order valence-corrected chi connectivity index (χ2v) is 4.66. The summed E-state index contributed by atoms with van der Waals surface area (Å²) in [7, 11) is 0. The number of rotatable bonds is 5. The molecule has 20 heavy (non-hydrogen) atoms. The van der Waals surface area contributed by atoms with E-state index >= 15 is 0 Å². The van der Waals surface area contributed by atoms with Gasteiger partial charge in [-0.2, -0.15) is 5.10 Å². The minimum Gasteiger partial charge on any atom is -0.361 e. The van der Waals surface area contributed by atoms with E-state index in [0.29, 0.717) is 6.54 Å². The Bertz CT molecular complexity index is 672. The summed E-state index contributed by atoms with van der Waals surface area (Å²) in [6.45, 7) is 3.33. The second-order valence-electron chi connectivity index (χ2n) is 4.66. The standard InChI is InChI=1S/C15H16N4O/c1-12-7-14(18-20-12)10-16-8-13-9-17-19(11-13)15-5-3-2-4-6-15/h2-7,9,11,16H,8,10H2,1H3. The Morgan fingerprint density at radius 3 is 2.80 bits per heavy atom. The number of aromatic nitrogens is 3. The Morgan fingerprint density at radius 1 is 1.20 bits per heavy atom. The van der Waals surface area contributed by atoms with Crippen molar-refractivity contribution in [1.29, 1.82) is 0 Å². The van der Waals surface area contributed by atoms with E-state index in [-0.39, 0.29) is 0 Å². The van der Waals surface area contributed by atoms with Crippen LogP contribution in [0.4, 0.5) is 0 Å². The van der Waals surface area contributed by atoms with Crippen LogP contribution >= 0.6 is 0 Å². The second kappa shape index (κ2) is 5.71.